The summed E-state index contributed by atoms with van der Waals surface area (Å²) in [7, 11) is 0. The van der Waals surface area contributed by atoms with Gasteiger partial charge in [-0.05, 0) is 12.8 Å². The Morgan fingerprint density at radius 2 is 2.12 bits per heavy atom. The Kier molecular flexibility index (Phi) is 5.31. The summed E-state index contributed by atoms with van der Waals surface area (Å²) in [6.45, 7) is 0. The average molecular weight is 257 g/mol. The minimum atomic E-state index is -0.185. The van der Waals surface area contributed by atoms with Crippen LogP contribution in [0.15, 0.2) is 18.6 Å². The molecule has 0 spiro atoms. The lowest BCUT2D eigenvalue weighted by Gasteiger charge is -2.29. The SMILES string of the molecule is Cl.N[C@@H]1CCCC[C@H]1NC(=O)c1cnccn1. The van der Waals surface area contributed by atoms with E-state index in [0.29, 0.717) is 5.69 Å². The number of hydrogen-bond acceptors (Lipinski definition) is 4. The molecule has 1 aromatic rings. The zero-order valence-electron chi connectivity index (χ0n) is 9.50. The lowest BCUT2D eigenvalue weighted by atomic mass is 9.91. The van der Waals surface area contributed by atoms with Gasteiger partial charge in [-0.25, -0.2) is 4.98 Å². The number of aromatic nitrogens is 2. The second-order valence-corrected chi connectivity index (χ2v) is 4.12. The maximum Gasteiger partial charge on any atom is 0.271 e. The highest BCUT2D eigenvalue weighted by Crippen LogP contribution is 2.17. The molecule has 3 N–H and O–H groups in total. The molecule has 0 aromatic carbocycles. The van der Waals surface area contributed by atoms with Crippen LogP contribution >= 0.6 is 12.4 Å². The Morgan fingerprint density at radius 1 is 1.35 bits per heavy atom. The monoisotopic (exact) mass is 256 g/mol. The van der Waals surface area contributed by atoms with Crippen LogP contribution in [0.4, 0.5) is 0 Å². The molecule has 2 atom stereocenters. The molecule has 1 aliphatic carbocycles. The number of hydrogen-bond donors (Lipinski definition) is 2. The quantitative estimate of drug-likeness (QED) is 0.824. The van der Waals surface area contributed by atoms with E-state index in [-0.39, 0.29) is 30.4 Å². The Balaban J connectivity index is 0.00000144. The van der Waals surface area contributed by atoms with Crippen LogP contribution in [0.25, 0.3) is 0 Å². The molecule has 1 aromatic heterocycles. The van der Waals surface area contributed by atoms with Gasteiger partial charge >= 0.3 is 0 Å². The summed E-state index contributed by atoms with van der Waals surface area (Å²) < 4.78 is 0. The molecule has 94 valence electrons. The van der Waals surface area contributed by atoms with Gasteiger partial charge in [-0.15, -0.1) is 12.4 Å². The largest absolute Gasteiger partial charge is 0.346 e. The molecular formula is C11H17ClN4O. The second kappa shape index (κ2) is 6.51. The third kappa shape index (κ3) is 3.64. The minimum Gasteiger partial charge on any atom is -0.346 e. The molecule has 1 amide bonds. The minimum absolute atomic E-state index is 0. The van der Waals surface area contributed by atoms with E-state index in [1.807, 2.05) is 0 Å². The second-order valence-electron chi connectivity index (χ2n) is 4.12. The topological polar surface area (TPSA) is 80.9 Å². The Hall–Kier alpha value is -1.20. The van der Waals surface area contributed by atoms with Gasteiger partial charge in [0.05, 0.1) is 6.20 Å². The average Bonchev–Trinajstić information content (AvgIpc) is 2.33. The van der Waals surface area contributed by atoms with Gasteiger partial charge in [0.15, 0.2) is 0 Å². The number of nitrogens with two attached hydrogens (primary N) is 1. The highest BCUT2D eigenvalue weighted by atomic mass is 35.5. The maximum absolute atomic E-state index is 11.8. The number of nitrogens with zero attached hydrogens (tertiary/aromatic N) is 2. The third-order valence-corrected chi connectivity index (χ3v) is 2.93. The van der Waals surface area contributed by atoms with Gasteiger partial charge in [-0.2, -0.15) is 0 Å². The van der Waals surface area contributed by atoms with Crippen molar-refractivity contribution in [3.8, 4) is 0 Å². The van der Waals surface area contributed by atoms with Crippen molar-refractivity contribution in [3.05, 3.63) is 24.3 Å². The maximum atomic E-state index is 11.8. The van der Waals surface area contributed by atoms with Gasteiger partial charge < -0.3 is 11.1 Å². The van der Waals surface area contributed by atoms with Crippen molar-refractivity contribution in [1.29, 1.82) is 0 Å². The van der Waals surface area contributed by atoms with Gasteiger partial charge in [0.1, 0.15) is 5.69 Å². The molecule has 2 rings (SSSR count). The molecule has 1 aliphatic rings. The first kappa shape index (κ1) is 13.9. The number of carbonyl (C=O) groups excluding carboxylic acids is 1. The van der Waals surface area contributed by atoms with Crippen molar-refractivity contribution in [1.82, 2.24) is 15.3 Å². The standard InChI is InChI=1S/C11H16N4O.ClH/c12-8-3-1-2-4-9(8)15-11(16)10-7-13-5-6-14-10;/h5-9H,1-4,12H2,(H,15,16);1H/t8-,9-;/m1./s1. The summed E-state index contributed by atoms with van der Waals surface area (Å²) in [5, 5.41) is 2.92. The lowest BCUT2D eigenvalue weighted by molar-refractivity contribution is 0.0916. The van der Waals surface area contributed by atoms with E-state index < -0.39 is 0 Å². The fraction of sp³-hybridized carbons (Fsp3) is 0.545. The zero-order valence-corrected chi connectivity index (χ0v) is 10.3. The van der Waals surface area contributed by atoms with Crippen LogP contribution in [0.1, 0.15) is 36.2 Å². The Morgan fingerprint density at radius 3 is 2.76 bits per heavy atom. The first-order valence-electron chi connectivity index (χ1n) is 5.60. The summed E-state index contributed by atoms with van der Waals surface area (Å²) in [4.78, 5) is 19.6. The summed E-state index contributed by atoms with van der Waals surface area (Å²) >= 11 is 0. The molecule has 5 nitrogen and oxygen atoms in total. The molecule has 6 heteroatoms. The zero-order chi connectivity index (χ0) is 11.4. The van der Waals surface area contributed by atoms with Gasteiger partial charge in [0.25, 0.3) is 5.91 Å². The fourth-order valence-corrected chi connectivity index (χ4v) is 2.00. The molecular weight excluding hydrogens is 240 g/mol. The summed E-state index contributed by atoms with van der Waals surface area (Å²) in [5.74, 6) is -0.185. The van der Waals surface area contributed by atoms with Crippen LogP contribution in [0.2, 0.25) is 0 Å². The van der Waals surface area contributed by atoms with E-state index in [1.165, 1.54) is 12.4 Å². The van der Waals surface area contributed by atoms with E-state index >= 15 is 0 Å². The molecule has 0 radical (unpaired) electrons. The molecule has 0 unspecified atom stereocenters. The highest BCUT2D eigenvalue weighted by molar-refractivity contribution is 5.92. The molecule has 1 heterocycles. The molecule has 17 heavy (non-hydrogen) atoms. The molecule has 0 aliphatic heterocycles. The van der Waals surface area contributed by atoms with Crippen molar-refractivity contribution in [2.45, 2.75) is 37.8 Å². The smallest absolute Gasteiger partial charge is 0.271 e. The first-order valence-corrected chi connectivity index (χ1v) is 5.60. The summed E-state index contributed by atoms with van der Waals surface area (Å²) in [5.41, 5.74) is 6.30. The van der Waals surface area contributed by atoms with Crippen LogP contribution in [0.3, 0.4) is 0 Å². The molecule has 0 bridgehead atoms. The summed E-state index contributed by atoms with van der Waals surface area (Å²) in [6.07, 6.45) is 8.72. The predicted octanol–water partition coefficient (Wildman–Crippen LogP) is 0.898. The highest BCUT2D eigenvalue weighted by Gasteiger charge is 2.23. The third-order valence-electron chi connectivity index (χ3n) is 2.93. The Labute approximate surface area is 107 Å². The fourth-order valence-electron chi connectivity index (χ4n) is 2.00. The van der Waals surface area contributed by atoms with Crippen LogP contribution < -0.4 is 11.1 Å². The normalized spacial score (nSPS) is 23.6. The van der Waals surface area contributed by atoms with Crippen molar-refractivity contribution in [2.75, 3.05) is 0 Å². The first-order chi connectivity index (χ1) is 7.77. The van der Waals surface area contributed by atoms with E-state index in [4.69, 9.17) is 5.73 Å². The van der Waals surface area contributed by atoms with E-state index in [1.54, 1.807) is 6.20 Å². The number of nitrogens with one attached hydrogen (secondary N) is 1. The Bertz CT molecular complexity index is 360. The number of rotatable bonds is 2. The molecule has 1 saturated carbocycles. The van der Waals surface area contributed by atoms with Crippen molar-refractivity contribution in [3.63, 3.8) is 0 Å². The van der Waals surface area contributed by atoms with E-state index in [2.05, 4.69) is 15.3 Å². The van der Waals surface area contributed by atoms with Crippen LogP contribution in [-0.2, 0) is 0 Å². The molecule has 1 fully saturated rings. The van der Waals surface area contributed by atoms with Gasteiger partial charge in [-0.1, -0.05) is 12.8 Å². The van der Waals surface area contributed by atoms with E-state index in [9.17, 15) is 4.79 Å². The van der Waals surface area contributed by atoms with Crippen molar-refractivity contribution in [2.24, 2.45) is 5.73 Å². The van der Waals surface area contributed by atoms with Crippen molar-refractivity contribution < 1.29 is 4.79 Å². The van der Waals surface area contributed by atoms with Crippen LogP contribution in [0.5, 0.6) is 0 Å². The number of halogens is 1. The van der Waals surface area contributed by atoms with Crippen LogP contribution in [0, 0.1) is 0 Å². The van der Waals surface area contributed by atoms with Gasteiger partial charge in [-0.3, -0.25) is 9.78 Å². The van der Waals surface area contributed by atoms with Gasteiger partial charge in [0, 0.05) is 24.5 Å². The van der Waals surface area contributed by atoms with E-state index in [0.717, 1.165) is 25.7 Å². The van der Waals surface area contributed by atoms with Crippen LogP contribution in [-0.4, -0.2) is 28.0 Å². The molecule has 0 saturated heterocycles. The van der Waals surface area contributed by atoms with Gasteiger partial charge in [0.2, 0.25) is 0 Å². The lowest BCUT2D eigenvalue weighted by Crippen LogP contribution is -2.49. The van der Waals surface area contributed by atoms with Crippen molar-refractivity contribution >= 4 is 18.3 Å². The predicted molar refractivity (Wildman–Crippen MR) is 67.0 cm³/mol. The number of amides is 1. The summed E-state index contributed by atoms with van der Waals surface area (Å²) in [6, 6.07) is 0.137. The number of carbonyl (C=O) groups is 1.